The summed E-state index contributed by atoms with van der Waals surface area (Å²) in [5.41, 5.74) is 1.05. The summed E-state index contributed by atoms with van der Waals surface area (Å²) in [5.74, 6) is 0. The zero-order chi connectivity index (χ0) is 12.3. The Bertz CT molecular complexity index is 540. The molecule has 0 radical (unpaired) electrons. The first-order valence-electron chi connectivity index (χ1n) is 5.48. The van der Waals surface area contributed by atoms with Crippen molar-refractivity contribution in [2.75, 3.05) is 11.9 Å². The molecule has 0 aliphatic carbocycles. The summed E-state index contributed by atoms with van der Waals surface area (Å²) in [6, 6.07) is 11.2. The maximum absolute atomic E-state index is 11.0. The summed E-state index contributed by atoms with van der Waals surface area (Å²) in [6.45, 7) is 1.84. The number of aliphatic hydroxyl groups excluding tert-OH is 1. The number of nitrogens with zero attached hydrogens (tertiary/aromatic N) is 1. The van der Waals surface area contributed by atoms with Crippen molar-refractivity contribution in [3.63, 3.8) is 0 Å². The maximum Gasteiger partial charge on any atom is 0.138 e. The molecule has 0 spiro atoms. The van der Waals surface area contributed by atoms with Gasteiger partial charge in [-0.2, -0.15) is 0 Å². The van der Waals surface area contributed by atoms with Crippen LogP contribution in [0.2, 0.25) is 0 Å². The summed E-state index contributed by atoms with van der Waals surface area (Å²) in [5, 5.41) is 16.9. The highest BCUT2D eigenvalue weighted by atomic mass is 16.3. The van der Waals surface area contributed by atoms with E-state index < -0.39 is 0 Å². The summed E-state index contributed by atoms with van der Waals surface area (Å²) >= 11 is 0. The molecular formula is C13H14N2O2. The molecule has 1 atom stereocenters. The number of nitrogens with one attached hydrogen (secondary N) is 1. The minimum absolute atomic E-state index is 0.00508. The second-order valence-corrected chi connectivity index (χ2v) is 4.00. The number of rotatable bonds is 4. The van der Waals surface area contributed by atoms with E-state index in [0.717, 1.165) is 10.8 Å². The van der Waals surface area contributed by atoms with Gasteiger partial charge in [-0.3, -0.25) is 0 Å². The predicted molar refractivity (Wildman–Crippen MR) is 69.6 cm³/mol. The molecule has 0 aliphatic heterocycles. The van der Waals surface area contributed by atoms with E-state index in [1.807, 2.05) is 43.3 Å². The Hall–Kier alpha value is -1.94. The second kappa shape index (κ2) is 4.93. The van der Waals surface area contributed by atoms with Gasteiger partial charge in [-0.05, 0) is 23.6 Å². The van der Waals surface area contributed by atoms with E-state index in [1.54, 1.807) is 0 Å². The van der Waals surface area contributed by atoms with Gasteiger partial charge in [0.1, 0.15) is 5.69 Å². The Labute approximate surface area is 99.2 Å². The number of benzene rings is 2. The topological polar surface area (TPSA) is 61.7 Å². The molecule has 2 aromatic carbocycles. The molecule has 2 rings (SSSR count). The van der Waals surface area contributed by atoms with Crippen molar-refractivity contribution >= 4 is 22.1 Å². The first kappa shape index (κ1) is 11.5. The van der Waals surface area contributed by atoms with E-state index >= 15 is 0 Å². The molecule has 2 aromatic rings. The number of fused-ring (bicyclic) bond motifs is 1. The Balaban J connectivity index is 2.53. The van der Waals surface area contributed by atoms with E-state index in [0.29, 0.717) is 11.4 Å². The molecule has 0 saturated heterocycles. The van der Waals surface area contributed by atoms with E-state index in [-0.39, 0.29) is 12.6 Å². The highest BCUT2D eigenvalue weighted by Crippen LogP contribution is 2.34. The lowest BCUT2D eigenvalue weighted by Gasteiger charge is -2.14. The molecule has 17 heavy (non-hydrogen) atoms. The minimum atomic E-state index is -0.114. The number of aliphatic hydroxyl groups is 1. The van der Waals surface area contributed by atoms with Crippen molar-refractivity contribution in [3.05, 3.63) is 41.3 Å². The molecule has 88 valence electrons. The fourth-order valence-corrected chi connectivity index (χ4v) is 1.78. The van der Waals surface area contributed by atoms with Crippen molar-refractivity contribution in [1.82, 2.24) is 0 Å². The van der Waals surface area contributed by atoms with E-state index in [4.69, 9.17) is 5.11 Å². The zero-order valence-electron chi connectivity index (χ0n) is 9.55. The van der Waals surface area contributed by atoms with Gasteiger partial charge in [0.05, 0.1) is 12.3 Å². The molecule has 0 fully saturated rings. The third-order valence-electron chi connectivity index (χ3n) is 2.67. The number of hydrogen-bond acceptors (Lipinski definition) is 4. The molecule has 4 heteroatoms. The molecule has 0 heterocycles. The first-order chi connectivity index (χ1) is 8.26. The maximum atomic E-state index is 11.0. The summed E-state index contributed by atoms with van der Waals surface area (Å²) in [7, 11) is 0. The van der Waals surface area contributed by atoms with Gasteiger partial charge < -0.3 is 10.4 Å². The van der Waals surface area contributed by atoms with Gasteiger partial charge in [-0.1, -0.05) is 30.3 Å². The first-order valence-corrected chi connectivity index (χ1v) is 5.48. The number of anilines is 1. The molecule has 0 bridgehead atoms. The van der Waals surface area contributed by atoms with E-state index in [1.165, 1.54) is 0 Å². The average molecular weight is 230 g/mol. The monoisotopic (exact) mass is 230 g/mol. The van der Waals surface area contributed by atoms with Crippen LogP contribution in [-0.4, -0.2) is 17.8 Å². The highest BCUT2D eigenvalue weighted by Gasteiger charge is 2.09. The van der Waals surface area contributed by atoms with Crippen LogP contribution >= 0.6 is 0 Å². The van der Waals surface area contributed by atoms with Gasteiger partial charge >= 0.3 is 0 Å². The second-order valence-electron chi connectivity index (χ2n) is 4.00. The van der Waals surface area contributed by atoms with Crippen LogP contribution in [0.25, 0.3) is 10.8 Å². The van der Waals surface area contributed by atoms with Crippen molar-refractivity contribution in [3.8, 4) is 0 Å². The van der Waals surface area contributed by atoms with Crippen LogP contribution in [0.5, 0.6) is 0 Å². The number of nitroso groups, excluding NO2 is 1. The van der Waals surface area contributed by atoms with Gasteiger partial charge in [-0.25, -0.2) is 0 Å². The molecule has 0 amide bonds. The third-order valence-corrected chi connectivity index (χ3v) is 2.67. The van der Waals surface area contributed by atoms with Gasteiger partial charge in [-0.15, -0.1) is 4.91 Å². The van der Waals surface area contributed by atoms with Gasteiger partial charge in [0.15, 0.2) is 0 Å². The van der Waals surface area contributed by atoms with Gasteiger partial charge in [0.25, 0.3) is 0 Å². The summed E-state index contributed by atoms with van der Waals surface area (Å²) in [4.78, 5) is 11.0. The molecule has 0 aliphatic rings. The smallest absolute Gasteiger partial charge is 0.138 e. The van der Waals surface area contributed by atoms with E-state index in [9.17, 15) is 4.91 Å². The quantitative estimate of drug-likeness (QED) is 0.793. The zero-order valence-corrected chi connectivity index (χ0v) is 9.55. The fraction of sp³-hybridized carbons (Fsp3) is 0.231. The van der Waals surface area contributed by atoms with Crippen LogP contribution < -0.4 is 5.32 Å². The SMILES string of the molecule is CC(CO)Nc1ccc2ccccc2c1N=O. The van der Waals surface area contributed by atoms with Crippen molar-refractivity contribution in [1.29, 1.82) is 0 Å². The molecule has 0 aromatic heterocycles. The Kier molecular flexibility index (Phi) is 3.35. The van der Waals surface area contributed by atoms with Crippen molar-refractivity contribution < 1.29 is 5.11 Å². The largest absolute Gasteiger partial charge is 0.394 e. The van der Waals surface area contributed by atoms with Crippen LogP contribution in [0.1, 0.15) is 6.92 Å². The summed E-state index contributed by atoms with van der Waals surface area (Å²) < 4.78 is 0. The minimum Gasteiger partial charge on any atom is -0.394 e. The van der Waals surface area contributed by atoms with Crippen LogP contribution in [0.15, 0.2) is 41.6 Å². The van der Waals surface area contributed by atoms with Gasteiger partial charge in [0.2, 0.25) is 0 Å². The van der Waals surface area contributed by atoms with Crippen LogP contribution in [-0.2, 0) is 0 Å². The average Bonchev–Trinajstić information content (AvgIpc) is 2.38. The molecule has 0 saturated carbocycles. The highest BCUT2D eigenvalue weighted by molar-refractivity contribution is 5.98. The van der Waals surface area contributed by atoms with Gasteiger partial charge in [0, 0.05) is 11.4 Å². The lowest BCUT2D eigenvalue weighted by atomic mass is 10.1. The van der Waals surface area contributed by atoms with Crippen LogP contribution in [0.3, 0.4) is 0 Å². The normalized spacial score (nSPS) is 12.4. The molecular weight excluding hydrogens is 216 g/mol. The third kappa shape index (κ3) is 2.26. The fourth-order valence-electron chi connectivity index (χ4n) is 1.78. The Morgan fingerprint density at radius 1 is 1.29 bits per heavy atom. The predicted octanol–water partition coefficient (Wildman–Crippen LogP) is 3.03. The molecule has 1 unspecified atom stereocenters. The molecule has 2 N–H and O–H groups in total. The lowest BCUT2D eigenvalue weighted by molar-refractivity contribution is 0.281. The molecule has 4 nitrogen and oxygen atoms in total. The van der Waals surface area contributed by atoms with Crippen molar-refractivity contribution in [2.45, 2.75) is 13.0 Å². The Morgan fingerprint density at radius 2 is 2.06 bits per heavy atom. The lowest BCUT2D eigenvalue weighted by Crippen LogP contribution is -2.19. The van der Waals surface area contributed by atoms with Crippen LogP contribution in [0, 0.1) is 4.91 Å². The van der Waals surface area contributed by atoms with E-state index in [2.05, 4.69) is 10.5 Å². The standard InChI is InChI=1S/C13H14N2O2/c1-9(8-16)14-12-7-6-10-4-2-3-5-11(10)13(12)15-17/h2-7,9,14,16H,8H2,1H3. The Morgan fingerprint density at radius 3 is 2.76 bits per heavy atom. The number of hydrogen-bond donors (Lipinski definition) is 2. The summed E-state index contributed by atoms with van der Waals surface area (Å²) in [6.07, 6.45) is 0. The van der Waals surface area contributed by atoms with Crippen molar-refractivity contribution in [2.24, 2.45) is 5.18 Å². The van der Waals surface area contributed by atoms with Crippen LogP contribution in [0.4, 0.5) is 11.4 Å².